The van der Waals surface area contributed by atoms with Crippen LogP contribution in [0.5, 0.6) is 0 Å². The minimum absolute atomic E-state index is 0.253. The van der Waals surface area contributed by atoms with E-state index in [0.29, 0.717) is 22.1 Å². The molecule has 148 valence electrons. The number of nitrogens with one attached hydrogen (secondary N) is 1. The fraction of sp³-hybridized carbons (Fsp3) is 0.190. The van der Waals surface area contributed by atoms with Crippen LogP contribution in [0.2, 0.25) is 5.02 Å². The number of benzene rings is 2. The highest BCUT2D eigenvalue weighted by molar-refractivity contribution is 6.30. The van der Waals surface area contributed by atoms with Crippen LogP contribution in [-0.2, 0) is 16.7 Å². The first-order valence-electron chi connectivity index (χ1n) is 9.03. The predicted octanol–water partition coefficient (Wildman–Crippen LogP) is 3.61. The monoisotopic (exact) mass is 412 g/mol. The third-order valence-electron chi connectivity index (χ3n) is 4.73. The minimum Gasteiger partial charge on any atom is -0.382 e. The lowest BCUT2D eigenvalue weighted by atomic mass is 10.0. The largest absolute Gasteiger partial charge is 0.382 e. The molecule has 1 aromatic heterocycles. The summed E-state index contributed by atoms with van der Waals surface area (Å²) in [4.78, 5) is 22.6. The number of hydrogen-bond donors (Lipinski definition) is 1. The van der Waals surface area contributed by atoms with Gasteiger partial charge >= 0.3 is 0 Å². The summed E-state index contributed by atoms with van der Waals surface area (Å²) in [6, 6.07) is 12.8. The quantitative estimate of drug-likeness (QED) is 0.696. The van der Waals surface area contributed by atoms with Gasteiger partial charge in [-0.15, -0.1) is 0 Å². The van der Waals surface area contributed by atoms with E-state index >= 15 is 0 Å². The molecule has 2 unspecified atom stereocenters. The molecule has 0 saturated carbocycles. The topological polar surface area (TPSA) is 68.5 Å². The Labute approximate surface area is 172 Å². The van der Waals surface area contributed by atoms with Crippen molar-refractivity contribution in [1.82, 2.24) is 14.9 Å². The summed E-state index contributed by atoms with van der Waals surface area (Å²) in [6.45, 7) is 0. The Balaban J connectivity index is 1.52. The van der Waals surface area contributed by atoms with E-state index in [2.05, 4.69) is 15.5 Å². The van der Waals surface area contributed by atoms with Gasteiger partial charge in [0.1, 0.15) is 17.7 Å². The van der Waals surface area contributed by atoms with E-state index in [0.717, 1.165) is 5.56 Å². The predicted molar refractivity (Wildman–Crippen MR) is 107 cm³/mol. The number of oxime groups is 1. The molecule has 1 aliphatic heterocycles. The number of aromatic nitrogens is 2. The van der Waals surface area contributed by atoms with Crippen molar-refractivity contribution in [2.24, 2.45) is 12.2 Å². The van der Waals surface area contributed by atoms with Crippen molar-refractivity contribution >= 4 is 23.2 Å². The molecule has 1 amide bonds. The molecular weight excluding hydrogens is 395 g/mol. The zero-order chi connectivity index (χ0) is 20.4. The third-order valence-corrected chi connectivity index (χ3v) is 4.98. The molecule has 0 radical (unpaired) electrons. The first-order valence-corrected chi connectivity index (χ1v) is 9.41. The fourth-order valence-electron chi connectivity index (χ4n) is 3.20. The summed E-state index contributed by atoms with van der Waals surface area (Å²) >= 11 is 6.00. The Hall–Kier alpha value is -3.19. The van der Waals surface area contributed by atoms with Gasteiger partial charge in [-0.25, -0.2) is 9.37 Å². The van der Waals surface area contributed by atoms with Gasteiger partial charge in [0.05, 0.1) is 5.71 Å². The Kier molecular flexibility index (Phi) is 5.31. The molecular formula is C21H18ClFN4O2. The van der Waals surface area contributed by atoms with Crippen molar-refractivity contribution in [3.63, 3.8) is 0 Å². The molecule has 29 heavy (non-hydrogen) atoms. The minimum atomic E-state index is -0.802. The molecule has 2 heterocycles. The van der Waals surface area contributed by atoms with Gasteiger partial charge < -0.3 is 14.7 Å². The number of rotatable bonds is 5. The molecule has 0 aliphatic carbocycles. The molecule has 8 heteroatoms. The maximum atomic E-state index is 13.5. The van der Waals surface area contributed by atoms with Crippen molar-refractivity contribution in [1.29, 1.82) is 0 Å². The van der Waals surface area contributed by atoms with E-state index < -0.39 is 12.1 Å². The highest BCUT2D eigenvalue weighted by Gasteiger charge is 2.32. The van der Waals surface area contributed by atoms with Crippen LogP contribution in [0.1, 0.15) is 29.4 Å². The maximum Gasteiger partial charge on any atom is 0.265 e. The Morgan fingerprint density at radius 2 is 2.10 bits per heavy atom. The van der Waals surface area contributed by atoms with E-state index in [4.69, 9.17) is 16.4 Å². The molecule has 0 saturated heterocycles. The van der Waals surface area contributed by atoms with Gasteiger partial charge in [0.15, 0.2) is 0 Å². The molecule has 2 atom stereocenters. The lowest BCUT2D eigenvalue weighted by Gasteiger charge is -2.20. The van der Waals surface area contributed by atoms with Crippen LogP contribution >= 0.6 is 11.6 Å². The highest BCUT2D eigenvalue weighted by atomic mass is 35.5. The van der Waals surface area contributed by atoms with E-state index in [1.54, 1.807) is 30.5 Å². The van der Waals surface area contributed by atoms with Crippen molar-refractivity contribution in [2.75, 3.05) is 0 Å². The molecule has 0 spiro atoms. The summed E-state index contributed by atoms with van der Waals surface area (Å²) in [7, 11) is 1.86. The number of carbonyl (C=O) groups is 1. The Morgan fingerprint density at radius 3 is 2.79 bits per heavy atom. The Bertz CT molecular complexity index is 1060. The maximum absolute atomic E-state index is 13.5. The number of carbonyl (C=O) groups excluding carboxylic acids is 1. The first-order chi connectivity index (χ1) is 14.0. The van der Waals surface area contributed by atoms with Gasteiger partial charge in [-0.2, -0.15) is 0 Å². The van der Waals surface area contributed by atoms with Crippen LogP contribution in [0.25, 0.3) is 0 Å². The van der Waals surface area contributed by atoms with E-state index in [1.165, 1.54) is 12.1 Å². The molecule has 4 rings (SSSR count). The van der Waals surface area contributed by atoms with Crippen LogP contribution < -0.4 is 5.32 Å². The molecule has 0 bridgehead atoms. The molecule has 3 aromatic rings. The van der Waals surface area contributed by atoms with Gasteiger partial charge in [-0.05, 0) is 29.8 Å². The standard InChI is InChI=1S/C21H18ClFN4O2/c1-27-10-9-24-20(27)19(13-5-7-15(22)8-6-13)25-21(28)18-12-17(26-29-18)14-3-2-4-16(23)11-14/h2-11,18-19H,12H2,1H3,(H,25,28). The van der Waals surface area contributed by atoms with E-state index in [9.17, 15) is 9.18 Å². The highest BCUT2D eigenvalue weighted by Crippen LogP contribution is 2.24. The van der Waals surface area contributed by atoms with Gasteiger partial charge in [-0.3, -0.25) is 4.79 Å². The third kappa shape index (κ3) is 4.14. The van der Waals surface area contributed by atoms with Crippen molar-refractivity contribution in [3.8, 4) is 0 Å². The molecule has 6 nitrogen and oxygen atoms in total. The average Bonchev–Trinajstić information content (AvgIpc) is 3.36. The second-order valence-corrected chi connectivity index (χ2v) is 7.17. The SMILES string of the molecule is Cn1ccnc1C(NC(=O)C1CC(c2cccc(F)c2)=NO1)c1ccc(Cl)cc1. The van der Waals surface area contributed by atoms with Gasteiger partial charge in [0.25, 0.3) is 5.91 Å². The number of halogens is 2. The zero-order valence-electron chi connectivity index (χ0n) is 15.5. The van der Waals surface area contributed by atoms with E-state index in [-0.39, 0.29) is 18.1 Å². The van der Waals surface area contributed by atoms with Crippen LogP contribution in [-0.4, -0.2) is 27.3 Å². The second-order valence-electron chi connectivity index (χ2n) is 6.74. The van der Waals surface area contributed by atoms with Crippen molar-refractivity contribution in [3.05, 3.63) is 88.7 Å². The van der Waals surface area contributed by atoms with E-state index in [1.807, 2.05) is 29.9 Å². The first kappa shape index (κ1) is 19.1. The number of hydrogen-bond acceptors (Lipinski definition) is 4. The lowest BCUT2D eigenvalue weighted by molar-refractivity contribution is -0.131. The molecule has 0 fully saturated rings. The van der Waals surface area contributed by atoms with Gasteiger partial charge in [0.2, 0.25) is 6.10 Å². The average molecular weight is 413 g/mol. The summed E-state index contributed by atoms with van der Waals surface area (Å²) in [5, 5.41) is 7.56. The number of nitrogens with zero attached hydrogens (tertiary/aromatic N) is 3. The smallest absolute Gasteiger partial charge is 0.265 e. The summed E-state index contributed by atoms with van der Waals surface area (Å²) in [6.07, 6.45) is 2.93. The lowest BCUT2D eigenvalue weighted by Crippen LogP contribution is -2.38. The molecule has 1 aliphatic rings. The van der Waals surface area contributed by atoms with Crippen molar-refractivity contribution < 1.29 is 14.0 Å². The normalized spacial score (nSPS) is 16.8. The number of imidazole rings is 1. The van der Waals surface area contributed by atoms with Crippen molar-refractivity contribution in [2.45, 2.75) is 18.6 Å². The van der Waals surface area contributed by atoms with Gasteiger partial charge in [0, 0.05) is 36.4 Å². The Morgan fingerprint density at radius 1 is 1.31 bits per heavy atom. The summed E-state index contributed by atoms with van der Waals surface area (Å²) in [5.74, 6) is -0.0243. The zero-order valence-corrected chi connectivity index (χ0v) is 16.3. The summed E-state index contributed by atoms with van der Waals surface area (Å²) < 4.78 is 15.3. The number of aryl methyl sites for hydroxylation is 1. The van der Waals surface area contributed by atoms with Crippen LogP contribution in [0.15, 0.2) is 66.1 Å². The van der Waals surface area contributed by atoms with Gasteiger partial charge in [-0.1, -0.05) is 41.0 Å². The van der Waals surface area contributed by atoms with Crippen LogP contribution in [0.4, 0.5) is 4.39 Å². The number of amides is 1. The second kappa shape index (κ2) is 8.05. The van der Waals surface area contributed by atoms with Crippen LogP contribution in [0.3, 0.4) is 0 Å². The van der Waals surface area contributed by atoms with Crippen LogP contribution in [0, 0.1) is 5.82 Å². The summed E-state index contributed by atoms with van der Waals surface area (Å²) in [5.41, 5.74) is 1.96. The molecule has 2 aromatic carbocycles. The molecule has 1 N–H and O–H groups in total. The fourth-order valence-corrected chi connectivity index (χ4v) is 3.33.